The number of pyridine rings is 1. The first kappa shape index (κ1) is 33.6. The number of nitrogens with zero attached hydrogens (tertiary/aromatic N) is 3. The van der Waals surface area contributed by atoms with Gasteiger partial charge in [0.25, 0.3) is 5.91 Å². The Labute approximate surface area is 284 Å². The number of ether oxygens (including phenoxy) is 1. The van der Waals surface area contributed by atoms with Crippen LogP contribution in [0.25, 0.3) is 22.2 Å². The van der Waals surface area contributed by atoms with Gasteiger partial charge in [0, 0.05) is 48.4 Å². The smallest absolute Gasteiger partial charge is 0.379 e. The van der Waals surface area contributed by atoms with Gasteiger partial charge in [0.1, 0.15) is 0 Å². The number of carbonyl (C=O) groups is 1. The Kier molecular flexibility index (Phi) is 9.01. The van der Waals surface area contributed by atoms with Crippen molar-refractivity contribution >= 4 is 26.6 Å². The molecule has 49 heavy (non-hydrogen) atoms. The zero-order valence-electron chi connectivity index (χ0n) is 27.3. The quantitative estimate of drug-likeness (QED) is 0.241. The number of amides is 1. The van der Waals surface area contributed by atoms with E-state index >= 15 is 0 Å². The van der Waals surface area contributed by atoms with Crippen molar-refractivity contribution in [2.45, 2.75) is 54.9 Å². The van der Waals surface area contributed by atoms with Crippen molar-refractivity contribution < 1.29 is 31.1 Å². The SMILES string of the molecule is CS(=O)(=O)c1ccc2nc(-c3ccc(C(F)(F)F)cc3)c(CN3CCC(N4CCOCC4)CC3)c(C(=O)NC3(c4ccccc4)CC3)c2c1. The number of carbonyl (C=O) groups excluding carboxylic acids is 1. The molecule has 7 rings (SSSR count). The molecule has 0 atom stereocenters. The van der Waals surface area contributed by atoms with Crippen LogP contribution in [-0.2, 0) is 32.8 Å². The first-order valence-electron chi connectivity index (χ1n) is 16.7. The number of hydrogen-bond acceptors (Lipinski definition) is 7. The average molecular weight is 693 g/mol. The number of hydrogen-bond donors (Lipinski definition) is 1. The van der Waals surface area contributed by atoms with Gasteiger partial charge < -0.3 is 10.1 Å². The van der Waals surface area contributed by atoms with Crippen LogP contribution in [0.4, 0.5) is 13.2 Å². The molecular weight excluding hydrogens is 653 g/mol. The molecule has 2 saturated heterocycles. The molecule has 0 unspecified atom stereocenters. The predicted octanol–water partition coefficient (Wildman–Crippen LogP) is 6.04. The fraction of sp³-hybridized carbons (Fsp3) is 0.405. The van der Waals surface area contributed by atoms with Gasteiger partial charge in [-0.2, -0.15) is 13.2 Å². The summed E-state index contributed by atoms with van der Waals surface area (Å²) in [5, 5.41) is 3.67. The van der Waals surface area contributed by atoms with E-state index in [2.05, 4.69) is 15.1 Å². The second kappa shape index (κ2) is 13.1. The monoisotopic (exact) mass is 692 g/mol. The molecule has 4 aromatic rings. The third-order valence-electron chi connectivity index (χ3n) is 10.1. The van der Waals surface area contributed by atoms with E-state index in [9.17, 15) is 26.4 Å². The molecule has 1 amide bonds. The van der Waals surface area contributed by atoms with Crippen LogP contribution in [-0.4, -0.2) is 80.8 Å². The molecule has 1 N–H and O–H groups in total. The Balaban J connectivity index is 1.34. The highest BCUT2D eigenvalue weighted by Crippen LogP contribution is 2.46. The highest BCUT2D eigenvalue weighted by Gasteiger charge is 2.46. The van der Waals surface area contributed by atoms with Gasteiger partial charge in [-0.15, -0.1) is 0 Å². The summed E-state index contributed by atoms with van der Waals surface area (Å²) in [5.41, 5.74) is 1.71. The molecule has 3 fully saturated rings. The predicted molar refractivity (Wildman–Crippen MR) is 181 cm³/mol. The minimum atomic E-state index is -4.51. The van der Waals surface area contributed by atoms with Crippen molar-refractivity contribution in [1.29, 1.82) is 0 Å². The van der Waals surface area contributed by atoms with Gasteiger partial charge in [0.05, 0.1) is 46.0 Å². The number of likely N-dealkylation sites (tertiary alicyclic amines) is 1. The lowest BCUT2D eigenvalue weighted by atomic mass is 9.93. The van der Waals surface area contributed by atoms with E-state index in [1.54, 1.807) is 6.07 Å². The van der Waals surface area contributed by atoms with E-state index in [0.717, 1.165) is 89.0 Å². The Morgan fingerprint density at radius 1 is 0.959 bits per heavy atom. The van der Waals surface area contributed by atoms with Crippen molar-refractivity contribution in [1.82, 2.24) is 20.1 Å². The van der Waals surface area contributed by atoms with E-state index in [1.165, 1.54) is 24.3 Å². The number of sulfone groups is 1. The number of piperidine rings is 1. The molecule has 0 bridgehead atoms. The number of benzene rings is 3. The summed E-state index contributed by atoms with van der Waals surface area (Å²) in [6.45, 7) is 5.06. The number of rotatable bonds is 8. The van der Waals surface area contributed by atoms with E-state index in [1.807, 2.05) is 30.3 Å². The number of morpholine rings is 1. The number of aromatic nitrogens is 1. The zero-order chi connectivity index (χ0) is 34.4. The van der Waals surface area contributed by atoms with Crippen LogP contribution >= 0.6 is 0 Å². The average Bonchev–Trinajstić information content (AvgIpc) is 3.88. The van der Waals surface area contributed by atoms with Crippen molar-refractivity contribution in [2.24, 2.45) is 0 Å². The molecule has 1 aliphatic carbocycles. The molecule has 3 aliphatic rings. The van der Waals surface area contributed by atoms with Crippen molar-refractivity contribution in [2.75, 3.05) is 45.6 Å². The van der Waals surface area contributed by atoms with Crippen LogP contribution in [0.1, 0.15) is 52.7 Å². The Hall–Kier alpha value is -3.84. The van der Waals surface area contributed by atoms with E-state index in [4.69, 9.17) is 9.72 Å². The summed E-state index contributed by atoms with van der Waals surface area (Å²) >= 11 is 0. The fourth-order valence-corrected chi connectivity index (χ4v) is 7.89. The lowest BCUT2D eigenvalue weighted by molar-refractivity contribution is -0.137. The molecule has 12 heteroatoms. The molecule has 258 valence electrons. The molecule has 1 saturated carbocycles. The zero-order valence-corrected chi connectivity index (χ0v) is 28.1. The third-order valence-corrected chi connectivity index (χ3v) is 11.2. The van der Waals surface area contributed by atoms with Crippen molar-refractivity contribution in [3.05, 3.63) is 95.1 Å². The minimum Gasteiger partial charge on any atom is -0.379 e. The largest absolute Gasteiger partial charge is 0.416 e. The van der Waals surface area contributed by atoms with Gasteiger partial charge in [0.15, 0.2) is 9.84 Å². The normalized spacial score (nSPS) is 19.2. The highest BCUT2D eigenvalue weighted by atomic mass is 32.2. The van der Waals surface area contributed by atoms with Gasteiger partial charge in [-0.3, -0.25) is 14.6 Å². The minimum absolute atomic E-state index is 0.0552. The van der Waals surface area contributed by atoms with Gasteiger partial charge >= 0.3 is 6.18 Å². The standard InChI is InChI=1S/C37H39F3N4O4S/c1-49(46,47)29-11-12-32-30(23-29)33(35(45)42-36(15-16-36)26-5-3-2-4-6-26)31(34(41-32)25-7-9-27(10-8-25)37(38,39)40)24-43-17-13-28(14-18-43)44-19-21-48-22-20-44/h2-12,23,28H,13-22,24H2,1H3,(H,42,45). The first-order chi connectivity index (χ1) is 23.4. The maximum absolute atomic E-state index is 14.7. The molecule has 0 radical (unpaired) electrons. The molecular formula is C37H39F3N4O4S. The Morgan fingerprint density at radius 3 is 2.24 bits per heavy atom. The van der Waals surface area contributed by atoms with Crippen molar-refractivity contribution in [3.63, 3.8) is 0 Å². The van der Waals surface area contributed by atoms with Crippen LogP contribution in [0.3, 0.4) is 0 Å². The summed E-state index contributed by atoms with van der Waals surface area (Å²) < 4.78 is 71.6. The molecule has 8 nitrogen and oxygen atoms in total. The van der Waals surface area contributed by atoms with Gasteiger partial charge in [0.2, 0.25) is 0 Å². The second-order valence-corrected chi connectivity index (χ2v) is 15.4. The van der Waals surface area contributed by atoms with Crippen LogP contribution < -0.4 is 5.32 Å². The number of fused-ring (bicyclic) bond motifs is 1. The number of nitrogens with one attached hydrogen (secondary N) is 1. The van der Waals surface area contributed by atoms with E-state index < -0.39 is 27.1 Å². The number of alkyl halides is 3. The van der Waals surface area contributed by atoms with Crippen LogP contribution in [0.5, 0.6) is 0 Å². The lowest BCUT2D eigenvalue weighted by Gasteiger charge is -2.40. The van der Waals surface area contributed by atoms with Crippen LogP contribution in [0.15, 0.2) is 77.7 Å². The maximum atomic E-state index is 14.7. The molecule has 3 heterocycles. The lowest BCUT2D eigenvalue weighted by Crippen LogP contribution is -2.48. The first-order valence-corrected chi connectivity index (χ1v) is 18.6. The van der Waals surface area contributed by atoms with Crippen molar-refractivity contribution in [3.8, 4) is 11.3 Å². The molecule has 3 aromatic carbocycles. The highest BCUT2D eigenvalue weighted by molar-refractivity contribution is 7.90. The Morgan fingerprint density at radius 2 is 1.63 bits per heavy atom. The Bertz CT molecular complexity index is 1950. The topological polar surface area (TPSA) is 91.8 Å². The summed E-state index contributed by atoms with van der Waals surface area (Å²) in [6, 6.07) is 19.5. The second-order valence-electron chi connectivity index (χ2n) is 13.4. The third kappa shape index (κ3) is 7.10. The molecule has 0 spiro atoms. The summed E-state index contributed by atoms with van der Waals surface area (Å²) in [4.78, 5) is 24.4. The fourth-order valence-electron chi connectivity index (χ4n) is 7.24. The summed E-state index contributed by atoms with van der Waals surface area (Å²) in [6.07, 6.45) is -0.0495. The van der Waals surface area contributed by atoms with E-state index in [0.29, 0.717) is 45.9 Å². The van der Waals surface area contributed by atoms with Crippen LogP contribution in [0, 0.1) is 0 Å². The van der Waals surface area contributed by atoms with Gasteiger partial charge in [-0.1, -0.05) is 42.5 Å². The maximum Gasteiger partial charge on any atom is 0.416 e. The van der Waals surface area contributed by atoms with Gasteiger partial charge in [-0.05, 0) is 74.7 Å². The van der Waals surface area contributed by atoms with E-state index in [-0.39, 0.29) is 10.8 Å². The van der Waals surface area contributed by atoms with Crippen LogP contribution in [0.2, 0.25) is 0 Å². The summed E-state index contributed by atoms with van der Waals surface area (Å²) in [7, 11) is -3.63. The molecule has 2 aliphatic heterocycles. The molecule has 1 aromatic heterocycles. The number of halogens is 3. The van der Waals surface area contributed by atoms with Gasteiger partial charge in [-0.25, -0.2) is 13.4 Å². The summed E-state index contributed by atoms with van der Waals surface area (Å²) in [5.74, 6) is -0.370.